The number of nitrogens with zero attached hydrogens (tertiary/aromatic N) is 2. The average molecular weight is 211 g/mol. The second kappa shape index (κ2) is 4.84. The summed E-state index contributed by atoms with van der Waals surface area (Å²) >= 11 is 0. The number of hydrogen-bond donors (Lipinski definition) is 2. The Morgan fingerprint density at radius 2 is 2.13 bits per heavy atom. The second-order valence-corrected chi connectivity index (χ2v) is 4.78. The van der Waals surface area contributed by atoms with E-state index >= 15 is 0 Å². The summed E-state index contributed by atoms with van der Waals surface area (Å²) in [4.78, 5) is 2.53. The third kappa shape index (κ3) is 2.43. The molecule has 0 spiro atoms. The Hall–Kier alpha value is -0.770. The van der Waals surface area contributed by atoms with Gasteiger partial charge in [0.1, 0.15) is 5.84 Å². The molecule has 2 atom stereocenters. The number of amidine groups is 1. The van der Waals surface area contributed by atoms with Gasteiger partial charge in [-0.1, -0.05) is 18.0 Å². The fourth-order valence-electron chi connectivity index (χ4n) is 3.09. The van der Waals surface area contributed by atoms with Crippen LogP contribution in [0.3, 0.4) is 0 Å². The van der Waals surface area contributed by atoms with Crippen molar-refractivity contribution in [3.63, 3.8) is 0 Å². The SMILES string of the molecule is NC(CCN1CCC2CCCCC21)=NO. The highest BCUT2D eigenvalue weighted by Gasteiger charge is 2.34. The van der Waals surface area contributed by atoms with Crippen molar-refractivity contribution < 1.29 is 5.21 Å². The van der Waals surface area contributed by atoms with Gasteiger partial charge in [0.2, 0.25) is 0 Å². The molecule has 4 nitrogen and oxygen atoms in total. The normalized spacial score (nSPS) is 32.9. The van der Waals surface area contributed by atoms with Gasteiger partial charge in [0.15, 0.2) is 0 Å². The summed E-state index contributed by atoms with van der Waals surface area (Å²) in [6.07, 6.45) is 7.59. The summed E-state index contributed by atoms with van der Waals surface area (Å²) in [5.74, 6) is 1.28. The van der Waals surface area contributed by atoms with E-state index in [1.807, 2.05) is 0 Å². The van der Waals surface area contributed by atoms with Crippen molar-refractivity contribution >= 4 is 5.84 Å². The van der Waals surface area contributed by atoms with Crippen LogP contribution >= 0.6 is 0 Å². The monoisotopic (exact) mass is 211 g/mol. The molecule has 0 aromatic carbocycles. The molecule has 4 heteroatoms. The van der Waals surface area contributed by atoms with Gasteiger partial charge < -0.3 is 10.9 Å². The van der Waals surface area contributed by atoms with Gasteiger partial charge >= 0.3 is 0 Å². The van der Waals surface area contributed by atoms with Crippen LogP contribution < -0.4 is 5.73 Å². The molecule has 0 amide bonds. The summed E-state index contributed by atoms with van der Waals surface area (Å²) in [6.45, 7) is 2.16. The highest BCUT2D eigenvalue weighted by atomic mass is 16.4. The Balaban J connectivity index is 1.83. The Bertz CT molecular complexity index is 242. The van der Waals surface area contributed by atoms with Crippen LogP contribution in [-0.4, -0.2) is 35.1 Å². The number of oxime groups is 1. The smallest absolute Gasteiger partial charge is 0.140 e. The van der Waals surface area contributed by atoms with Crippen LogP contribution in [0.15, 0.2) is 5.16 Å². The molecule has 2 fully saturated rings. The topological polar surface area (TPSA) is 61.8 Å². The van der Waals surface area contributed by atoms with Gasteiger partial charge in [-0.25, -0.2) is 0 Å². The van der Waals surface area contributed by atoms with Gasteiger partial charge in [0.05, 0.1) is 0 Å². The first-order valence-electron chi connectivity index (χ1n) is 6.01. The van der Waals surface area contributed by atoms with Crippen molar-refractivity contribution in [3.05, 3.63) is 0 Å². The quantitative estimate of drug-likeness (QED) is 0.321. The number of hydrogen-bond acceptors (Lipinski definition) is 3. The Labute approximate surface area is 91.1 Å². The van der Waals surface area contributed by atoms with Crippen molar-refractivity contribution in [2.24, 2.45) is 16.8 Å². The molecule has 86 valence electrons. The van der Waals surface area contributed by atoms with E-state index in [2.05, 4.69) is 10.1 Å². The van der Waals surface area contributed by atoms with Gasteiger partial charge in [-0.2, -0.15) is 0 Å². The van der Waals surface area contributed by atoms with Crippen LogP contribution in [0.5, 0.6) is 0 Å². The first-order valence-corrected chi connectivity index (χ1v) is 6.01. The molecule has 1 aliphatic heterocycles. The van der Waals surface area contributed by atoms with Gasteiger partial charge in [-0.05, 0) is 31.7 Å². The lowest BCUT2D eigenvalue weighted by atomic mass is 9.85. The molecule has 0 radical (unpaired) electrons. The van der Waals surface area contributed by atoms with E-state index in [1.165, 1.54) is 38.6 Å². The molecule has 1 heterocycles. The molecule has 1 aliphatic carbocycles. The zero-order valence-electron chi connectivity index (χ0n) is 9.23. The lowest BCUT2D eigenvalue weighted by molar-refractivity contribution is 0.186. The first-order chi connectivity index (χ1) is 7.31. The summed E-state index contributed by atoms with van der Waals surface area (Å²) in [7, 11) is 0. The van der Waals surface area contributed by atoms with E-state index in [0.717, 1.165) is 18.5 Å². The number of rotatable bonds is 3. The van der Waals surface area contributed by atoms with Crippen LogP contribution in [0.2, 0.25) is 0 Å². The molecule has 3 N–H and O–H groups in total. The minimum atomic E-state index is 0.356. The minimum absolute atomic E-state index is 0.356. The maximum absolute atomic E-state index is 8.49. The van der Waals surface area contributed by atoms with Crippen molar-refractivity contribution in [2.45, 2.75) is 44.6 Å². The Morgan fingerprint density at radius 1 is 1.33 bits per heavy atom. The summed E-state index contributed by atoms with van der Waals surface area (Å²) < 4.78 is 0. The highest BCUT2D eigenvalue weighted by Crippen LogP contribution is 2.35. The van der Waals surface area contributed by atoms with Crippen LogP contribution in [0.1, 0.15) is 38.5 Å². The van der Waals surface area contributed by atoms with Crippen molar-refractivity contribution in [1.29, 1.82) is 0 Å². The second-order valence-electron chi connectivity index (χ2n) is 4.78. The molecule has 0 aromatic heterocycles. The Kier molecular flexibility index (Phi) is 3.46. The maximum Gasteiger partial charge on any atom is 0.140 e. The van der Waals surface area contributed by atoms with Gasteiger partial charge in [-0.15, -0.1) is 0 Å². The molecule has 2 aliphatic rings. The summed E-state index contributed by atoms with van der Waals surface area (Å²) in [5, 5.41) is 11.5. The molecule has 2 unspecified atom stereocenters. The van der Waals surface area contributed by atoms with E-state index in [4.69, 9.17) is 10.9 Å². The molecular formula is C11H21N3O. The van der Waals surface area contributed by atoms with Crippen molar-refractivity contribution in [2.75, 3.05) is 13.1 Å². The van der Waals surface area contributed by atoms with Crippen molar-refractivity contribution in [3.8, 4) is 0 Å². The zero-order chi connectivity index (χ0) is 10.7. The largest absolute Gasteiger partial charge is 0.409 e. The lowest BCUT2D eigenvalue weighted by Crippen LogP contribution is -2.36. The third-order valence-corrected chi connectivity index (χ3v) is 3.91. The number of fused-ring (bicyclic) bond motifs is 1. The van der Waals surface area contributed by atoms with Crippen LogP contribution in [0.25, 0.3) is 0 Å². The maximum atomic E-state index is 8.49. The van der Waals surface area contributed by atoms with E-state index in [-0.39, 0.29) is 0 Å². The molecule has 0 bridgehead atoms. The van der Waals surface area contributed by atoms with Gasteiger partial charge in [0, 0.05) is 19.0 Å². The van der Waals surface area contributed by atoms with E-state index in [9.17, 15) is 0 Å². The Morgan fingerprint density at radius 3 is 2.93 bits per heavy atom. The first kappa shape index (κ1) is 10.7. The van der Waals surface area contributed by atoms with E-state index < -0.39 is 0 Å². The molecule has 1 saturated heterocycles. The van der Waals surface area contributed by atoms with Crippen LogP contribution in [-0.2, 0) is 0 Å². The number of likely N-dealkylation sites (tertiary alicyclic amines) is 1. The summed E-state index contributed by atoms with van der Waals surface area (Å²) in [6, 6.07) is 0.783. The molecule has 1 saturated carbocycles. The molecule has 2 rings (SSSR count). The van der Waals surface area contributed by atoms with Gasteiger partial charge in [0.25, 0.3) is 0 Å². The van der Waals surface area contributed by atoms with Gasteiger partial charge in [-0.3, -0.25) is 4.90 Å². The van der Waals surface area contributed by atoms with Crippen LogP contribution in [0.4, 0.5) is 0 Å². The standard InChI is InChI=1S/C11H21N3O/c12-11(13-15)6-8-14-7-5-9-3-1-2-4-10(9)14/h9-10,15H,1-8H2,(H2,12,13). The minimum Gasteiger partial charge on any atom is -0.409 e. The summed E-state index contributed by atoms with van der Waals surface area (Å²) in [5.41, 5.74) is 5.49. The third-order valence-electron chi connectivity index (χ3n) is 3.91. The average Bonchev–Trinajstić information content (AvgIpc) is 2.69. The molecule has 0 aromatic rings. The van der Waals surface area contributed by atoms with Crippen LogP contribution in [0, 0.1) is 5.92 Å². The fourth-order valence-corrected chi connectivity index (χ4v) is 3.09. The fraction of sp³-hybridized carbons (Fsp3) is 0.909. The van der Waals surface area contributed by atoms with E-state index in [1.54, 1.807) is 0 Å². The molecular weight excluding hydrogens is 190 g/mol. The molecule has 15 heavy (non-hydrogen) atoms. The van der Waals surface area contributed by atoms with Crippen molar-refractivity contribution in [1.82, 2.24) is 4.90 Å². The predicted octanol–water partition coefficient (Wildman–Crippen LogP) is 1.39. The predicted molar refractivity (Wildman–Crippen MR) is 60.0 cm³/mol. The van der Waals surface area contributed by atoms with E-state index in [0.29, 0.717) is 12.3 Å². The number of nitrogens with two attached hydrogens (primary N) is 1. The lowest BCUT2D eigenvalue weighted by Gasteiger charge is -2.31. The zero-order valence-corrected chi connectivity index (χ0v) is 9.23. The highest BCUT2D eigenvalue weighted by molar-refractivity contribution is 5.79.